The highest BCUT2D eigenvalue weighted by Gasteiger charge is 2.41. The van der Waals surface area contributed by atoms with Crippen LogP contribution in [0.4, 0.5) is 0 Å². The van der Waals surface area contributed by atoms with E-state index in [0.717, 1.165) is 85.4 Å². The molecule has 2 aliphatic carbocycles. The Bertz CT molecular complexity index is 1720. The van der Waals surface area contributed by atoms with Crippen LogP contribution in [0.3, 0.4) is 0 Å². The van der Waals surface area contributed by atoms with Crippen molar-refractivity contribution in [1.29, 1.82) is 0 Å². The van der Waals surface area contributed by atoms with E-state index in [2.05, 4.69) is 40.4 Å². The van der Waals surface area contributed by atoms with Gasteiger partial charge in [-0.05, 0) is 136 Å². The van der Waals surface area contributed by atoms with Gasteiger partial charge in [-0.25, -0.2) is 4.31 Å². The van der Waals surface area contributed by atoms with Crippen molar-refractivity contribution in [1.82, 2.24) is 9.21 Å². The molecule has 3 unspecified atom stereocenters. The fourth-order valence-corrected chi connectivity index (χ4v) is 10.0. The number of hydrogen-bond acceptors (Lipinski definition) is 6. The molecule has 1 aromatic carbocycles. The van der Waals surface area contributed by atoms with E-state index in [9.17, 15) is 4.79 Å². The predicted molar refractivity (Wildman–Crippen MR) is 171 cm³/mol. The van der Waals surface area contributed by atoms with Crippen molar-refractivity contribution >= 4 is 34.8 Å². The Morgan fingerprint density at radius 3 is 2.72 bits per heavy atom. The third-order valence-corrected chi connectivity index (χ3v) is 12.1. The van der Waals surface area contributed by atoms with Gasteiger partial charge in [0.05, 0.1) is 0 Å². The number of fused-ring (bicyclic) bond motifs is 5. The largest absolute Gasteiger partial charge is 0.485 e. The molecule has 1 saturated heterocycles. The molecular formula is C37H40N2O3S. The first-order valence-corrected chi connectivity index (χ1v) is 17.4. The number of rotatable bonds is 2. The van der Waals surface area contributed by atoms with Crippen molar-refractivity contribution in [2.75, 3.05) is 26.2 Å². The van der Waals surface area contributed by atoms with Gasteiger partial charge in [-0.1, -0.05) is 6.08 Å². The summed E-state index contributed by atoms with van der Waals surface area (Å²) in [6.07, 6.45) is 19.0. The lowest BCUT2D eigenvalue weighted by Crippen LogP contribution is -2.35. The second-order valence-electron chi connectivity index (χ2n) is 13.5. The molecule has 1 saturated carbocycles. The Balaban J connectivity index is 1.01. The van der Waals surface area contributed by atoms with Crippen molar-refractivity contribution in [2.24, 2.45) is 5.92 Å². The molecule has 1 aromatic heterocycles. The van der Waals surface area contributed by atoms with Crippen LogP contribution < -0.4 is 0 Å². The van der Waals surface area contributed by atoms with Gasteiger partial charge in [-0.2, -0.15) is 0 Å². The normalized spacial score (nSPS) is 30.3. The topological polar surface area (TPSA) is 45.9 Å². The molecule has 5 aliphatic heterocycles. The van der Waals surface area contributed by atoms with E-state index in [4.69, 9.17) is 9.15 Å². The number of ether oxygens (including phenoxy) is 1. The third kappa shape index (κ3) is 4.34. The molecule has 0 N–H and O–H groups in total. The summed E-state index contributed by atoms with van der Waals surface area (Å²) in [5.41, 5.74) is 11.2. The average Bonchev–Trinajstić information content (AvgIpc) is 3.55. The maximum atomic E-state index is 13.8. The zero-order valence-electron chi connectivity index (χ0n) is 25.2. The van der Waals surface area contributed by atoms with Crippen LogP contribution in [0.1, 0.15) is 81.6 Å². The summed E-state index contributed by atoms with van der Waals surface area (Å²) in [4.78, 5) is 17.8. The minimum Gasteiger partial charge on any atom is -0.485 e. The smallest absolute Gasteiger partial charge is 0.185 e. The number of carbonyl (C=O) groups is 1. The number of benzene rings is 1. The summed E-state index contributed by atoms with van der Waals surface area (Å²) in [5, 5.41) is 1.18. The Morgan fingerprint density at radius 2 is 1.79 bits per heavy atom. The molecule has 5 nitrogen and oxygen atoms in total. The van der Waals surface area contributed by atoms with Crippen molar-refractivity contribution in [3.8, 4) is 0 Å². The summed E-state index contributed by atoms with van der Waals surface area (Å²) in [5.74, 6) is 2.17. The molecule has 222 valence electrons. The highest BCUT2D eigenvalue weighted by atomic mass is 32.2. The first kappa shape index (κ1) is 26.4. The minimum absolute atomic E-state index is 0.0932. The highest BCUT2D eigenvalue weighted by molar-refractivity contribution is 7.97. The average molecular weight is 593 g/mol. The molecule has 6 heteroatoms. The molecule has 6 heterocycles. The number of hydrogen-bond donors (Lipinski definition) is 0. The summed E-state index contributed by atoms with van der Waals surface area (Å²) < 4.78 is 15.8. The lowest BCUT2D eigenvalue weighted by atomic mass is 9.81. The molecule has 0 radical (unpaired) electrons. The molecule has 2 bridgehead atoms. The molecule has 9 rings (SSSR count). The van der Waals surface area contributed by atoms with Crippen molar-refractivity contribution in [3.05, 3.63) is 80.5 Å². The Labute approximate surface area is 258 Å². The second-order valence-corrected chi connectivity index (χ2v) is 14.6. The van der Waals surface area contributed by atoms with Crippen LogP contribution in [-0.4, -0.2) is 47.3 Å². The predicted octanol–water partition coefficient (Wildman–Crippen LogP) is 8.07. The molecule has 2 fully saturated rings. The van der Waals surface area contributed by atoms with Gasteiger partial charge in [0, 0.05) is 64.8 Å². The Morgan fingerprint density at radius 1 is 0.930 bits per heavy atom. The molecule has 0 spiro atoms. The SMILES string of the molecule is C/C(C1=CC2C=C3CCCN4CCCCC(=C34)C2O1)=C1\CC/C(=C/c2cc3cc4c5c(c3o2)CCCN(CCC4)S5)C1=O. The number of furan rings is 1. The quantitative estimate of drug-likeness (QED) is 0.260. The number of Topliss-reactive ketones (excluding diaryl/α,β-unsaturated/α-hetero) is 1. The summed E-state index contributed by atoms with van der Waals surface area (Å²) >= 11 is 1.93. The fraction of sp³-hybridized carbons (Fsp3) is 0.486. The van der Waals surface area contributed by atoms with E-state index in [1.165, 1.54) is 83.4 Å². The number of aryl methyl sites for hydroxylation is 2. The first-order chi connectivity index (χ1) is 21.1. The van der Waals surface area contributed by atoms with Gasteiger partial charge in [0.15, 0.2) is 5.78 Å². The molecular weight excluding hydrogens is 552 g/mol. The molecule has 2 aromatic rings. The van der Waals surface area contributed by atoms with Crippen LogP contribution in [0.15, 0.2) is 72.9 Å². The Hall–Kier alpha value is -2.96. The summed E-state index contributed by atoms with van der Waals surface area (Å²) in [7, 11) is 0. The minimum atomic E-state index is 0.0932. The zero-order valence-corrected chi connectivity index (χ0v) is 26.0. The molecule has 7 aliphatic rings. The van der Waals surface area contributed by atoms with Gasteiger partial charge in [-0.3, -0.25) is 4.79 Å². The van der Waals surface area contributed by atoms with E-state index in [1.54, 1.807) is 0 Å². The zero-order chi connectivity index (χ0) is 28.7. The maximum Gasteiger partial charge on any atom is 0.185 e. The van der Waals surface area contributed by atoms with Gasteiger partial charge in [0.1, 0.15) is 23.2 Å². The number of allylic oxidation sites excluding steroid dienone is 4. The molecule has 43 heavy (non-hydrogen) atoms. The van der Waals surface area contributed by atoms with Gasteiger partial charge in [0.25, 0.3) is 0 Å². The van der Waals surface area contributed by atoms with Crippen LogP contribution in [0, 0.1) is 5.92 Å². The van der Waals surface area contributed by atoms with Crippen molar-refractivity contribution in [2.45, 2.75) is 88.6 Å². The van der Waals surface area contributed by atoms with Crippen LogP contribution in [0.2, 0.25) is 0 Å². The number of carbonyl (C=O) groups excluding carboxylic acids is 1. The van der Waals surface area contributed by atoms with E-state index < -0.39 is 0 Å². The van der Waals surface area contributed by atoms with Gasteiger partial charge >= 0.3 is 0 Å². The third-order valence-electron chi connectivity index (χ3n) is 10.8. The molecule has 0 amide bonds. The van der Waals surface area contributed by atoms with E-state index in [1.807, 2.05) is 18.0 Å². The second kappa shape index (κ2) is 10.3. The van der Waals surface area contributed by atoms with Crippen molar-refractivity contribution < 1.29 is 13.9 Å². The number of ketones is 1. The highest BCUT2D eigenvalue weighted by Crippen LogP contribution is 2.47. The summed E-state index contributed by atoms with van der Waals surface area (Å²) in [6.45, 7) is 6.74. The van der Waals surface area contributed by atoms with Crippen LogP contribution in [0.5, 0.6) is 0 Å². The van der Waals surface area contributed by atoms with Gasteiger partial charge in [-0.15, -0.1) is 0 Å². The maximum absolute atomic E-state index is 13.8. The van der Waals surface area contributed by atoms with Crippen LogP contribution >= 0.6 is 11.9 Å². The lowest BCUT2D eigenvalue weighted by molar-refractivity contribution is -0.111. The Kier molecular flexibility index (Phi) is 6.34. The first-order valence-electron chi connectivity index (χ1n) is 16.6. The van der Waals surface area contributed by atoms with E-state index >= 15 is 0 Å². The standard InChI is InChI=1S/C37H40N2O3S/c1-22(32-21-27-17-23-7-4-14-38-13-3-2-9-30(33(23)38)35(27)42-32)29-12-11-24(34(29)40)19-28-20-26-18-25-8-5-15-39-16-6-10-31(36(26)41-28)37(25)43-39/h17-21,27,35H,2-16H2,1H3/b24-19-,29-22-. The fourth-order valence-electron chi connectivity index (χ4n) is 8.73. The van der Waals surface area contributed by atoms with Crippen LogP contribution in [0.25, 0.3) is 17.0 Å². The molecule has 3 atom stereocenters. The lowest BCUT2D eigenvalue weighted by Gasteiger charge is -2.39. The van der Waals surface area contributed by atoms with Gasteiger partial charge < -0.3 is 14.1 Å². The summed E-state index contributed by atoms with van der Waals surface area (Å²) in [6, 6.07) is 4.50. The van der Waals surface area contributed by atoms with E-state index in [0.29, 0.717) is 0 Å². The van der Waals surface area contributed by atoms with Crippen LogP contribution in [-0.2, 0) is 22.4 Å². The number of piperidine rings is 1. The monoisotopic (exact) mass is 592 g/mol. The number of nitrogens with zero attached hydrogens (tertiary/aromatic N) is 2. The van der Waals surface area contributed by atoms with E-state index in [-0.39, 0.29) is 17.8 Å². The van der Waals surface area contributed by atoms with Gasteiger partial charge in [0.2, 0.25) is 0 Å². The van der Waals surface area contributed by atoms with Crippen molar-refractivity contribution in [3.63, 3.8) is 0 Å².